The summed E-state index contributed by atoms with van der Waals surface area (Å²) < 4.78 is 11.2. The van der Waals surface area contributed by atoms with Crippen molar-refractivity contribution in [3.63, 3.8) is 0 Å². The Balaban J connectivity index is 1.38. The van der Waals surface area contributed by atoms with Gasteiger partial charge in [-0.25, -0.2) is 4.98 Å². The van der Waals surface area contributed by atoms with Crippen molar-refractivity contribution in [2.45, 2.75) is 31.5 Å². The smallest absolute Gasteiger partial charge is 0.273 e. The van der Waals surface area contributed by atoms with Crippen LogP contribution in [0, 0.1) is 0 Å². The first-order valence-corrected chi connectivity index (χ1v) is 11.3. The van der Waals surface area contributed by atoms with Gasteiger partial charge in [0.25, 0.3) is 5.91 Å². The summed E-state index contributed by atoms with van der Waals surface area (Å²) in [6.07, 6.45) is 0.697. The van der Waals surface area contributed by atoms with Crippen molar-refractivity contribution >= 4 is 17.2 Å². The van der Waals surface area contributed by atoms with Crippen LogP contribution in [0.25, 0.3) is 0 Å². The van der Waals surface area contributed by atoms with Crippen LogP contribution < -0.4 is 9.47 Å². The van der Waals surface area contributed by atoms with E-state index in [4.69, 9.17) is 9.47 Å². The number of ether oxygens (including phenoxy) is 2. The molecule has 2 aromatic carbocycles. The molecule has 0 saturated carbocycles. The second kappa shape index (κ2) is 9.94. The molecule has 0 unspecified atom stereocenters. The summed E-state index contributed by atoms with van der Waals surface area (Å²) in [5, 5.41) is 13.3. The highest BCUT2D eigenvalue weighted by molar-refractivity contribution is 7.09. The molecular weight excluding hydrogens is 412 g/mol. The maximum Gasteiger partial charge on any atom is 0.273 e. The Bertz CT molecular complexity index is 1010. The third-order valence-electron chi connectivity index (χ3n) is 5.39. The molecule has 3 aromatic rings. The lowest BCUT2D eigenvalue weighted by molar-refractivity contribution is 0.0349. The lowest BCUT2D eigenvalue weighted by Crippen LogP contribution is -2.32. The summed E-state index contributed by atoms with van der Waals surface area (Å²) in [4.78, 5) is 19.3. The van der Waals surface area contributed by atoms with E-state index >= 15 is 0 Å². The Hall–Kier alpha value is -2.90. The predicted octanol–water partition coefficient (Wildman–Crippen LogP) is 3.79. The maximum absolute atomic E-state index is 13.0. The van der Waals surface area contributed by atoms with E-state index in [1.54, 1.807) is 18.1 Å². The van der Waals surface area contributed by atoms with Crippen molar-refractivity contribution in [3.8, 4) is 11.5 Å². The van der Waals surface area contributed by atoms with E-state index in [1.165, 1.54) is 16.9 Å². The first-order chi connectivity index (χ1) is 15.1. The highest BCUT2D eigenvalue weighted by atomic mass is 32.1. The molecule has 31 heavy (non-hydrogen) atoms. The van der Waals surface area contributed by atoms with E-state index in [0.717, 1.165) is 5.01 Å². The molecular formula is C24H26N2O4S. The number of aromatic nitrogens is 1. The first kappa shape index (κ1) is 21.3. The number of thiazole rings is 1. The summed E-state index contributed by atoms with van der Waals surface area (Å²) >= 11 is 1.50. The lowest BCUT2D eigenvalue weighted by Gasteiger charge is -2.22. The fourth-order valence-corrected chi connectivity index (χ4v) is 4.48. The van der Waals surface area contributed by atoms with Gasteiger partial charge in [-0.05, 0) is 24.1 Å². The van der Waals surface area contributed by atoms with Crippen LogP contribution in [0.2, 0.25) is 0 Å². The van der Waals surface area contributed by atoms with Gasteiger partial charge in [0, 0.05) is 37.4 Å². The van der Waals surface area contributed by atoms with E-state index in [1.807, 2.05) is 41.8 Å². The SMILES string of the molecule is COc1cccc(O[C@H]2CCN(C(=O)c3csc(Cc4ccccc4)n3)CC[C@@H]2O)c1. The Morgan fingerprint density at radius 2 is 1.90 bits per heavy atom. The molecule has 1 saturated heterocycles. The predicted molar refractivity (Wildman–Crippen MR) is 120 cm³/mol. The van der Waals surface area contributed by atoms with Gasteiger partial charge >= 0.3 is 0 Å². The van der Waals surface area contributed by atoms with Gasteiger partial charge in [-0.15, -0.1) is 11.3 Å². The quantitative estimate of drug-likeness (QED) is 0.634. The first-order valence-electron chi connectivity index (χ1n) is 10.4. The van der Waals surface area contributed by atoms with Crippen LogP contribution in [0.4, 0.5) is 0 Å². The molecule has 2 heterocycles. The molecule has 1 aliphatic heterocycles. The van der Waals surface area contributed by atoms with Gasteiger partial charge in [0.1, 0.15) is 23.3 Å². The number of nitrogens with zero attached hydrogens (tertiary/aromatic N) is 2. The van der Waals surface area contributed by atoms with E-state index in [2.05, 4.69) is 17.1 Å². The normalized spacial score (nSPS) is 19.0. The Morgan fingerprint density at radius 1 is 1.13 bits per heavy atom. The molecule has 0 bridgehead atoms. The molecule has 162 valence electrons. The van der Waals surface area contributed by atoms with Gasteiger partial charge in [0.05, 0.1) is 18.2 Å². The highest BCUT2D eigenvalue weighted by Crippen LogP contribution is 2.24. The number of methoxy groups -OCH3 is 1. The van der Waals surface area contributed by atoms with Crippen LogP contribution in [0.5, 0.6) is 11.5 Å². The third kappa shape index (κ3) is 5.42. The zero-order valence-corrected chi connectivity index (χ0v) is 18.3. The number of carbonyl (C=O) groups excluding carboxylic acids is 1. The van der Waals surface area contributed by atoms with Crippen molar-refractivity contribution in [3.05, 3.63) is 76.2 Å². The topological polar surface area (TPSA) is 71.9 Å². The minimum atomic E-state index is -0.645. The van der Waals surface area contributed by atoms with Crippen LogP contribution >= 0.6 is 11.3 Å². The van der Waals surface area contributed by atoms with E-state index in [-0.39, 0.29) is 12.0 Å². The van der Waals surface area contributed by atoms with Gasteiger partial charge in [0.15, 0.2) is 0 Å². The zero-order chi connectivity index (χ0) is 21.6. The molecule has 6 nitrogen and oxygen atoms in total. The van der Waals surface area contributed by atoms with E-state index in [9.17, 15) is 9.90 Å². The van der Waals surface area contributed by atoms with Gasteiger partial charge in [-0.3, -0.25) is 4.79 Å². The van der Waals surface area contributed by atoms with Crippen LogP contribution in [0.1, 0.15) is 33.9 Å². The molecule has 1 aliphatic rings. The molecule has 0 spiro atoms. The van der Waals surface area contributed by atoms with Crippen molar-refractivity contribution in [1.82, 2.24) is 9.88 Å². The monoisotopic (exact) mass is 438 g/mol. The zero-order valence-electron chi connectivity index (χ0n) is 17.4. The number of hydrogen-bond donors (Lipinski definition) is 1. The molecule has 0 radical (unpaired) electrons. The summed E-state index contributed by atoms with van der Waals surface area (Å²) in [6, 6.07) is 17.4. The van der Waals surface area contributed by atoms with Crippen molar-refractivity contribution in [2.24, 2.45) is 0 Å². The maximum atomic E-state index is 13.0. The molecule has 2 atom stereocenters. The third-order valence-corrected chi connectivity index (χ3v) is 6.24. The van der Waals surface area contributed by atoms with Gasteiger partial charge in [0.2, 0.25) is 0 Å². The van der Waals surface area contributed by atoms with Crippen molar-refractivity contribution < 1.29 is 19.4 Å². The minimum Gasteiger partial charge on any atom is -0.497 e. The summed E-state index contributed by atoms with van der Waals surface area (Å²) in [7, 11) is 1.60. The van der Waals surface area contributed by atoms with E-state index < -0.39 is 6.10 Å². The van der Waals surface area contributed by atoms with Crippen LogP contribution in [0.3, 0.4) is 0 Å². The summed E-state index contributed by atoms with van der Waals surface area (Å²) in [6.45, 7) is 0.986. The fraction of sp³-hybridized carbons (Fsp3) is 0.333. The largest absolute Gasteiger partial charge is 0.497 e. The summed E-state index contributed by atoms with van der Waals surface area (Å²) in [5.41, 5.74) is 1.64. The Kier molecular flexibility index (Phi) is 6.84. The second-order valence-electron chi connectivity index (χ2n) is 7.56. The highest BCUT2D eigenvalue weighted by Gasteiger charge is 2.29. The number of rotatable bonds is 6. The lowest BCUT2D eigenvalue weighted by atomic mass is 10.1. The minimum absolute atomic E-state index is 0.0928. The number of aliphatic hydroxyl groups is 1. The molecule has 7 heteroatoms. The second-order valence-corrected chi connectivity index (χ2v) is 8.50. The van der Waals surface area contributed by atoms with Gasteiger partial charge in [-0.2, -0.15) is 0 Å². The standard InChI is InChI=1S/C24H26N2O4S/c1-29-18-8-5-9-19(15-18)30-22-11-13-26(12-10-21(22)27)24(28)20-16-31-23(25-20)14-17-6-3-2-4-7-17/h2-9,15-16,21-22,27H,10-14H2,1H3/t21-,22-/m0/s1. The van der Waals surface area contributed by atoms with Crippen LogP contribution in [0.15, 0.2) is 60.0 Å². The molecule has 1 N–H and O–H groups in total. The number of benzene rings is 2. The number of aliphatic hydroxyl groups excluding tert-OH is 1. The average molecular weight is 439 g/mol. The molecule has 1 fully saturated rings. The van der Waals surface area contributed by atoms with Crippen LogP contribution in [-0.2, 0) is 6.42 Å². The van der Waals surface area contributed by atoms with Crippen molar-refractivity contribution in [1.29, 1.82) is 0 Å². The molecule has 1 amide bonds. The average Bonchev–Trinajstić information content (AvgIpc) is 3.19. The summed E-state index contributed by atoms with van der Waals surface area (Å²) in [5.74, 6) is 1.25. The van der Waals surface area contributed by atoms with Crippen LogP contribution in [-0.4, -0.2) is 53.3 Å². The van der Waals surface area contributed by atoms with Gasteiger partial charge < -0.3 is 19.5 Å². The van der Waals surface area contributed by atoms with E-state index in [0.29, 0.717) is 49.5 Å². The number of hydrogen-bond acceptors (Lipinski definition) is 6. The number of amides is 1. The Morgan fingerprint density at radius 3 is 2.71 bits per heavy atom. The fourth-order valence-electron chi connectivity index (χ4n) is 3.67. The molecule has 4 rings (SSSR count). The molecule has 1 aromatic heterocycles. The van der Waals surface area contributed by atoms with Crippen molar-refractivity contribution in [2.75, 3.05) is 20.2 Å². The number of carbonyl (C=O) groups is 1. The van der Waals surface area contributed by atoms with Gasteiger partial charge in [-0.1, -0.05) is 36.4 Å². The number of likely N-dealkylation sites (tertiary alicyclic amines) is 1. The Labute approximate surface area is 186 Å². The molecule has 0 aliphatic carbocycles.